The van der Waals surface area contributed by atoms with Crippen LogP contribution in [0.4, 0.5) is 0 Å². The van der Waals surface area contributed by atoms with E-state index in [2.05, 4.69) is 4.90 Å². The third-order valence-electron chi connectivity index (χ3n) is 4.70. The molecular formula is C17H32N2O3. The number of hydrogen-bond donors (Lipinski definition) is 1. The largest absolute Gasteiger partial charge is 0.392 e. The molecule has 5 nitrogen and oxygen atoms in total. The highest BCUT2D eigenvalue weighted by atomic mass is 16.5. The molecule has 5 heteroatoms. The maximum Gasteiger partial charge on any atom is 0.236 e. The molecule has 1 aliphatic heterocycles. The summed E-state index contributed by atoms with van der Waals surface area (Å²) in [5.41, 5.74) is 0. The predicted molar refractivity (Wildman–Crippen MR) is 86.7 cm³/mol. The van der Waals surface area contributed by atoms with E-state index < -0.39 is 6.10 Å². The highest BCUT2D eigenvalue weighted by molar-refractivity contribution is 5.78. The summed E-state index contributed by atoms with van der Waals surface area (Å²) in [6.45, 7) is 8.21. The van der Waals surface area contributed by atoms with Crippen LogP contribution in [-0.2, 0) is 9.53 Å². The molecule has 22 heavy (non-hydrogen) atoms. The van der Waals surface area contributed by atoms with E-state index >= 15 is 0 Å². The zero-order valence-electron chi connectivity index (χ0n) is 14.3. The SMILES string of the molecule is CC(O)CN(CC(=O)N1CC(C)OC(C)C1)C1CCCCC1. The van der Waals surface area contributed by atoms with Gasteiger partial charge in [-0.3, -0.25) is 9.69 Å². The van der Waals surface area contributed by atoms with Crippen molar-refractivity contribution in [3.63, 3.8) is 0 Å². The first-order valence-corrected chi connectivity index (χ1v) is 8.81. The number of ether oxygens (including phenoxy) is 1. The highest BCUT2D eigenvalue weighted by Gasteiger charge is 2.29. The van der Waals surface area contributed by atoms with E-state index in [0.717, 1.165) is 12.8 Å². The lowest BCUT2D eigenvalue weighted by atomic mass is 9.94. The average Bonchev–Trinajstić information content (AvgIpc) is 2.46. The van der Waals surface area contributed by atoms with E-state index in [1.807, 2.05) is 18.7 Å². The van der Waals surface area contributed by atoms with Gasteiger partial charge in [-0.1, -0.05) is 19.3 Å². The average molecular weight is 312 g/mol. The highest BCUT2D eigenvalue weighted by Crippen LogP contribution is 2.23. The molecule has 0 aromatic carbocycles. The zero-order chi connectivity index (χ0) is 16.1. The Morgan fingerprint density at radius 1 is 1.23 bits per heavy atom. The molecule has 2 rings (SSSR count). The molecule has 0 radical (unpaired) electrons. The smallest absolute Gasteiger partial charge is 0.236 e. The Labute approximate surface area is 134 Å². The van der Waals surface area contributed by atoms with Crippen molar-refractivity contribution in [2.45, 2.75) is 77.2 Å². The predicted octanol–water partition coefficient (Wildman–Crippen LogP) is 1.64. The number of aliphatic hydroxyl groups excluding tert-OH is 1. The normalized spacial score (nSPS) is 28.9. The fraction of sp³-hybridized carbons (Fsp3) is 0.941. The van der Waals surface area contributed by atoms with Crippen molar-refractivity contribution in [1.82, 2.24) is 9.80 Å². The Balaban J connectivity index is 1.94. The monoisotopic (exact) mass is 312 g/mol. The van der Waals surface area contributed by atoms with Gasteiger partial charge in [-0.05, 0) is 33.6 Å². The minimum atomic E-state index is -0.391. The van der Waals surface area contributed by atoms with Gasteiger partial charge >= 0.3 is 0 Å². The minimum absolute atomic E-state index is 0.104. The van der Waals surface area contributed by atoms with Crippen LogP contribution in [0.3, 0.4) is 0 Å². The second-order valence-electron chi connectivity index (χ2n) is 7.13. The Kier molecular flexibility index (Phi) is 6.66. The fourth-order valence-corrected chi connectivity index (χ4v) is 3.78. The summed E-state index contributed by atoms with van der Waals surface area (Å²) >= 11 is 0. The van der Waals surface area contributed by atoms with Crippen molar-refractivity contribution in [3.8, 4) is 0 Å². The second kappa shape index (κ2) is 8.27. The van der Waals surface area contributed by atoms with Crippen LogP contribution in [0.5, 0.6) is 0 Å². The number of rotatable bonds is 5. The van der Waals surface area contributed by atoms with E-state index in [1.165, 1.54) is 19.3 Å². The van der Waals surface area contributed by atoms with Gasteiger partial charge in [0.1, 0.15) is 0 Å². The summed E-state index contributed by atoms with van der Waals surface area (Å²) in [6, 6.07) is 0.447. The van der Waals surface area contributed by atoms with Gasteiger partial charge in [-0.15, -0.1) is 0 Å². The Morgan fingerprint density at radius 2 is 1.82 bits per heavy atom. The molecule has 3 unspecified atom stereocenters. The molecule has 1 N–H and O–H groups in total. The van der Waals surface area contributed by atoms with Gasteiger partial charge in [0.05, 0.1) is 24.9 Å². The van der Waals surface area contributed by atoms with Crippen LogP contribution in [0.2, 0.25) is 0 Å². The number of carbonyl (C=O) groups is 1. The van der Waals surface area contributed by atoms with E-state index in [1.54, 1.807) is 6.92 Å². The van der Waals surface area contributed by atoms with E-state index in [4.69, 9.17) is 4.74 Å². The van der Waals surface area contributed by atoms with Crippen LogP contribution in [-0.4, -0.2) is 71.3 Å². The van der Waals surface area contributed by atoms with Gasteiger partial charge in [0.25, 0.3) is 0 Å². The molecular weight excluding hydrogens is 280 g/mol. The van der Waals surface area contributed by atoms with E-state index in [9.17, 15) is 9.90 Å². The summed E-state index contributed by atoms with van der Waals surface area (Å²) in [5.74, 6) is 0.174. The number of aliphatic hydroxyl groups is 1. The second-order valence-corrected chi connectivity index (χ2v) is 7.13. The topological polar surface area (TPSA) is 53.0 Å². The first-order chi connectivity index (χ1) is 10.5. The molecule has 2 fully saturated rings. The summed E-state index contributed by atoms with van der Waals surface area (Å²) < 4.78 is 5.70. The first kappa shape index (κ1) is 17.7. The molecule has 1 saturated carbocycles. The van der Waals surface area contributed by atoms with Crippen molar-refractivity contribution in [2.24, 2.45) is 0 Å². The lowest BCUT2D eigenvalue weighted by molar-refractivity contribution is -0.145. The molecule has 3 atom stereocenters. The standard InChI is InChI=1S/C17H32N2O3/c1-13(20)9-18(16-7-5-4-6-8-16)12-17(21)19-10-14(2)22-15(3)11-19/h13-16,20H,4-12H2,1-3H3. The Bertz CT molecular complexity index is 346. The van der Waals surface area contributed by atoms with E-state index in [-0.39, 0.29) is 18.1 Å². The van der Waals surface area contributed by atoms with Crippen LogP contribution < -0.4 is 0 Å². The fourth-order valence-electron chi connectivity index (χ4n) is 3.78. The van der Waals surface area contributed by atoms with Crippen LogP contribution in [0.15, 0.2) is 0 Å². The Morgan fingerprint density at radius 3 is 2.36 bits per heavy atom. The maximum atomic E-state index is 12.7. The van der Waals surface area contributed by atoms with Crippen molar-refractivity contribution in [2.75, 3.05) is 26.2 Å². The maximum absolute atomic E-state index is 12.7. The first-order valence-electron chi connectivity index (χ1n) is 8.81. The van der Waals surface area contributed by atoms with Gasteiger partial charge in [0.15, 0.2) is 0 Å². The van der Waals surface area contributed by atoms with Crippen LogP contribution in [0, 0.1) is 0 Å². The van der Waals surface area contributed by atoms with Crippen LogP contribution in [0.25, 0.3) is 0 Å². The number of nitrogens with zero attached hydrogens (tertiary/aromatic N) is 2. The molecule has 0 bridgehead atoms. The van der Waals surface area contributed by atoms with Crippen LogP contribution in [0.1, 0.15) is 52.9 Å². The minimum Gasteiger partial charge on any atom is -0.392 e. The lowest BCUT2D eigenvalue weighted by Gasteiger charge is -2.39. The number of amides is 1. The quantitative estimate of drug-likeness (QED) is 0.838. The molecule has 1 saturated heterocycles. The Hall–Kier alpha value is -0.650. The van der Waals surface area contributed by atoms with Gasteiger partial charge in [-0.25, -0.2) is 0 Å². The lowest BCUT2D eigenvalue weighted by Crippen LogP contribution is -2.53. The van der Waals surface area contributed by atoms with Crippen molar-refractivity contribution >= 4 is 5.91 Å². The summed E-state index contributed by atoms with van der Waals surface area (Å²) in [4.78, 5) is 16.8. The molecule has 1 amide bonds. The third-order valence-corrected chi connectivity index (χ3v) is 4.70. The molecule has 128 valence electrons. The summed E-state index contributed by atoms with van der Waals surface area (Å²) in [6.07, 6.45) is 5.89. The molecule has 0 aromatic rings. The van der Waals surface area contributed by atoms with E-state index in [0.29, 0.717) is 32.2 Å². The molecule has 1 aliphatic carbocycles. The van der Waals surface area contributed by atoms with Gasteiger partial charge in [-0.2, -0.15) is 0 Å². The van der Waals surface area contributed by atoms with Crippen LogP contribution >= 0.6 is 0 Å². The zero-order valence-corrected chi connectivity index (χ0v) is 14.3. The van der Waals surface area contributed by atoms with Gasteiger partial charge in [0.2, 0.25) is 5.91 Å². The molecule has 0 spiro atoms. The number of carbonyl (C=O) groups excluding carboxylic acids is 1. The number of morpholine rings is 1. The number of hydrogen-bond acceptors (Lipinski definition) is 4. The summed E-state index contributed by atoms with van der Waals surface area (Å²) in [5, 5.41) is 9.77. The molecule has 0 aromatic heterocycles. The van der Waals surface area contributed by atoms with Crippen molar-refractivity contribution in [3.05, 3.63) is 0 Å². The third kappa shape index (κ3) is 5.21. The van der Waals surface area contributed by atoms with Gasteiger partial charge in [0, 0.05) is 25.7 Å². The molecule has 1 heterocycles. The van der Waals surface area contributed by atoms with Gasteiger partial charge < -0.3 is 14.7 Å². The van der Waals surface area contributed by atoms with Crippen molar-refractivity contribution in [1.29, 1.82) is 0 Å². The molecule has 2 aliphatic rings. The van der Waals surface area contributed by atoms with Crippen molar-refractivity contribution < 1.29 is 14.6 Å². The summed E-state index contributed by atoms with van der Waals surface area (Å²) in [7, 11) is 0.